The lowest BCUT2D eigenvalue weighted by molar-refractivity contribution is -0.132. The molecule has 2 rings (SSSR count). The molecule has 0 saturated carbocycles. The van der Waals surface area contributed by atoms with E-state index in [1.807, 2.05) is 0 Å². The van der Waals surface area contributed by atoms with Gasteiger partial charge in [0.1, 0.15) is 5.75 Å². The van der Waals surface area contributed by atoms with Crippen molar-refractivity contribution >= 4 is 29.9 Å². The van der Waals surface area contributed by atoms with Crippen molar-refractivity contribution in [3.63, 3.8) is 0 Å². The minimum atomic E-state index is -4.24. The number of rotatable bonds is 7. The van der Waals surface area contributed by atoms with Gasteiger partial charge in [0, 0.05) is 19.3 Å². The Bertz CT molecular complexity index is 757. The Morgan fingerprint density at radius 2 is 2.00 bits per heavy atom. The molecule has 0 radical (unpaired) electrons. The van der Waals surface area contributed by atoms with Crippen LogP contribution in [0.4, 0.5) is 17.6 Å². The number of nitrogens with one attached hydrogen (secondary N) is 2. The predicted molar refractivity (Wildman–Crippen MR) is 110 cm³/mol. The van der Waals surface area contributed by atoms with Crippen LogP contribution in [0, 0.1) is 5.82 Å². The zero-order valence-electron chi connectivity index (χ0n) is 15.1. The molecule has 1 aromatic heterocycles. The molecular weight excluding hydrogens is 491 g/mol. The van der Waals surface area contributed by atoms with Gasteiger partial charge < -0.3 is 15.4 Å². The Kier molecular flexibility index (Phi) is 9.97. The van der Waals surface area contributed by atoms with Gasteiger partial charge in [-0.1, -0.05) is 6.07 Å². The Balaban J connectivity index is 0.00000392. The minimum Gasteiger partial charge on any atom is -0.453 e. The van der Waals surface area contributed by atoms with Crippen molar-refractivity contribution in [2.24, 2.45) is 4.99 Å². The molecule has 1 aromatic carbocycles. The molecule has 154 valence electrons. The normalized spacial score (nSPS) is 11.5. The van der Waals surface area contributed by atoms with Crippen molar-refractivity contribution in [2.45, 2.75) is 26.1 Å². The molecule has 10 heteroatoms. The van der Waals surface area contributed by atoms with Gasteiger partial charge in [-0.2, -0.15) is 13.2 Å². The minimum absolute atomic E-state index is 0. The monoisotopic (exact) mass is 512 g/mol. The lowest BCUT2D eigenvalue weighted by Crippen LogP contribution is -2.38. The second-order valence-electron chi connectivity index (χ2n) is 5.54. The molecule has 0 atom stereocenters. The molecule has 0 bridgehead atoms. The van der Waals surface area contributed by atoms with Gasteiger partial charge in [0.2, 0.25) is 0 Å². The van der Waals surface area contributed by atoms with E-state index >= 15 is 0 Å². The van der Waals surface area contributed by atoms with Crippen LogP contribution in [0.25, 0.3) is 0 Å². The average Bonchev–Trinajstić information content (AvgIpc) is 2.61. The zero-order chi connectivity index (χ0) is 19.7. The van der Waals surface area contributed by atoms with Crippen molar-refractivity contribution < 1.29 is 22.3 Å². The van der Waals surface area contributed by atoms with E-state index in [-0.39, 0.29) is 48.8 Å². The fourth-order valence-corrected chi connectivity index (χ4v) is 2.09. The molecule has 0 fully saturated rings. The van der Waals surface area contributed by atoms with Gasteiger partial charge >= 0.3 is 6.18 Å². The third-order valence-electron chi connectivity index (χ3n) is 3.32. The molecule has 2 aromatic rings. The molecule has 0 aliphatic rings. The maximum atomic E-state index is 14.2. The molecule has 0 spiro atoms. The summed E-state index contributed by atoms with van der Waals surface area (Å²) >= 11 is 0. The standard InChI is InChI=1S/C18H20F4N4O.HI/c1-2-24-17(25-9-7-18(20,21)22)26-11-13-5-6-16(15(19)10-13)27-14-4-3-8-23-12-14;/h3-6,8,10,12H,2,7,9,11H2,1H3,(H2,24,25,26);1H. The second kappa shape index (κ2) is 11.7. The Morgan fingerprint density at radius 1 is 1.21 bits per heavy atom. The van der Waals surface area contributed by atoms with Crippen LogP contribution in [0.1, 0.15) is 18.9 Å². The van der Waals surface area contributed by atoms with Crippen molar-refractivity contribution in [3.05, 3.63) is 54.1 Å². The number of hydrogen-bond donors (Lipinski definition) is 2. The van der Waals surface area contributed by atoms with E-state index in [9.17, 15) is 17.6 Å². The summed E-state index contributed by atoms with van der Waals surface area (Å²) in [6.07, 6.45) is -2.16. The van der Waals surface area contributed by atoms with Crippen LogP contribution in [-0.4, -0.2) is 30.2 Å². The third-order valence-corrected chi connectivity index (χ3v) is 3.32. The smallest absolute Gasteiger partial charge is 0.390 e. The molecule has 0 unspecified atom stereocenters. The molecule has 1 heterocycles. The second-order valence-corrected chi connectivity index (χ2v) is 5.54. The largest absolute Gasteiger partial charge is 0.453 e. The predicted octanol–water partition coefficient (Wildman–Crippen LogP) is 4.64. The molecule has 0 saturated heterocycles. The van der Waals surface area contributed by atoms with Crippen molar-refractivity contribution in [1.82, 2.24) is 15.6 Å². The van der Waals surface area contributed by atoms with Crippen LogP contribution < -0.4 is 15.4 Å². The number of aromatic nitrogens is 1. The van der Waals surface area contributed by atoms with Crippen LogP contribution in [-0.2, 0) is 6.54 Å². The number of halogens is 5. The van der Waals surface area contributed by atoms with E-state index in [0.29, 0.717) is 17.9 Å². The number of guanidine groups is 1. The summed E-state index contributed by atoms with van der Waals surface area (Å²) < 4.78 is 56.3. The van der Waals surface area contributed by atoms with Crippen LogP contribution in [0.15, 0.2) is 47.7 Å². The van der Waals surface area contributed by atoms with E-state index in [2.05, 4.69) is 20.6 Å². The summed E-state index contributed by atoms with van der Waals surface area (Å²) in [7, 11) is 0. The number of nitrogens with zero attached hydrogens (tertiary/aromatic N) is 2. The van der Waals surface area contributed by atoms with Crippen molar-refractivity contribution in [1.29, 1.82) is 0 Å². The lowest BCUT2D eigenvalue weighted by atomic mass is 10.2. The summed E-state index contributed by atoms with van der Waals surface area (Å²) in [4.78, 5) is 8.05. The fraction of sp³-hybridized carbons (Fsp3) is 0.333. The number of aliphatic imine (C=N–C) groups is 1. The van der Waals surface area contributed by atoms with Gasteiger partial charge in [0.15, 0.2) is 17.5 Å². The van der Waals surface area contributed by atoms with E-state index in [1.54, 1.807) is 31.3 Å². The number of benzene rings is 1. The summed E-state index contributed by atoms with van der Waals surface area (Å²) in [5.74, 6) is 0.121. The first kappa shape index (κ1) is 23.9. The first-order chi connectivity index (χ1) is 12.9. The summed E-state index contributed by atoms with van der Waals surface area (Å²) in [5, 5.41) is 5.44. The fourth-order valence-electron chi connectivity index (χ4n) is 2.09. The Morgan fingerprint density at radius 3 is 2.61 bits per heavy atom. The maximum Gasteiger partial charge on any atom is 0.390 e. The van der Waals surface area contributed by atoms with Gasteiger partial charge in [0.25, 0.3) is 0 Å². The number of ether oxygens (including phenoxy) is 1. The van der Waals surface area contributed by atoms with E-state index in [0.717, 1.165) is 0 Å². The van der Waals surface area contributed by atoms with Gasteiger partial charge in [0.05, 0.1) is 19.2 Å². The highest BCUT2D eigenvalue weighted by atomic mass is 127. The van der Waals surface area contributed by atoms with Crippen molar-refractivity contribution in [2.75, 3.05) is 13.1 Å². The zero-order valence-corrected chi connectivity index (χ0v) is 17.4. The molecular formula is C18H21F4IN4O. The summed E-state index contributed by atoms with van der Waals surface area (Å²) in [6.45, 7) is 2.10. The highest BCUT2D eigenvalue weighted by Crippen LogP contribution is 2.24. The van der Waals surface area contributed by atoms with E-state index < -0.39 is 18.4 Å². The third kappa shape index (κ3) is 8.72. The van der Waals surface area contributed by atoms with E-state index in [1.165, 1.54) is 18.3 Å². The molecule has 0 amide bonds. The Labute approximate surface area is 177 Å². The lowest BCUT2D eigenvalue weighted by Gasteiger charge is -2.12. The van der Waals surface area contributed by atoms with Crippen LogP contribution in [0.2, 0.25) is 0 Å². The van der Waals surface area contributed by atoms with Gasteiger partial charge in [-0.15, -0.1) is 24.0 Å². The maximum absolute atomic E-state index is 14.2. The van der Waals surface area contributed by atoms with E-state index in [4.69, 9.17) is 4.74 Å². The van der Waals surface area contributed by atoms with Gasteiger partial charge in [-0.05, 0) is 36.8 Å². The molecule has 0 aliphatic carbocycles. The molecule has 5 nitrogen and oxygen atoms in total. The SMILES string of the molecule is CCNC(=NCc1ccc(Oc2cccnc2)c(F)c1)NCCC(F)(F)F.I. The first-order valence-corrected chi connectivity index (χ1v) is 8.32. The quantitative estimate of drug-likeness (QED) is 0.246. The Hall–Kier alpha value is -2.11. The van der Waals surface area contributed by atoms with Crippen LogP contribution in [0.5, 0.6) is 11.5 Å². The number of pyridine rings is 1. The molecule has 2 N–H and O–H groups in total. The molecule has 28 heavy (non-hydrogen) atoms. The number of hydrogen-bond acceptors (Lipinski definition) is 3. The van der Waals surface area contributed by atoms with Crippen molar-refractivity contribution in [3.8, 4) is 11.5 Å². The summed E-state index contributed by atoms with van der Waals surface area (Å²) in [6, 6.07) is 7.70. The molecule has 0 aliphatic heterocycles. The highest BCUT2D eigenvalue weighted by molar-refractivity contribution is 14.0. The van der Waals surface area contributed by atoms with Gasteiger partial charge in [-0.3, -0.25) is 4.98 Å². The highest BCUT2D eigenvalue weighted by Gasteiger charge is 2.26. The number of alkyl halides is 3. The van der Waals surface area contributed by atoms with Crippen LogP contribution >= 0.6 is 24.0 Å². The summed E-state index contributed by atoms with van der Waals surface area (Å²) in [5.41, 5.74) is 0.555. The average molecular weight is 512 g/mol. The first-order valence-electron chi connectivity index (χ1n) is 8.32. The van der Waals surface area contributed by atoms with Crippen LogP contribution in [0.3, 0.4) is 0 Å². The topological polar surface area (TPSA) is 58.5 Å². The van der Waals surface area contributed by atoms with Gasteiger partial charge in [-0.25, -0.2) is 9.38 Å².